The van der Waals surface area contributed by atoms with Gasteiger partial charge in [-0.3, -0.25) is 4.79 Å². The van der Waals surface area contributed by atoms with Crippen molar-refractivity contribution >= 4 is 40.3 Å². The Labute approximate surface area is 208 Å². The van der Waals surface area contributed by atoms with Crippen molar-refractivity contribution in [2.75, 3.05) is 16.0 Å². The van der Waals surface area contributed by atoms with Crippen molar-refractivity contribution in [1.29, 1.82) is 0 Å². The van der Waals surface area contributed by atoms with Gasteiger partial charge in [0.1, 0.15) is 23.7 Å². The molecule has 1 amide bonds. The highest BCUT2D eigenvalue weighted by atomic mass is 16.2. The fourth-order valence-electron chi connectivity index (χ4n) is 4.63. The second-order valence-electron chi connectivity index (χ2n) is 9.13. The molecule has 10 heteroatoms. The Hall–Kier alpha value is -4.34. The van der Waals surface area contributed by atoms with Gasteiger partial charge in [-0.2, -0.15) is 0 Å². The molecule has 3 N–H and O–H groups in total. The minimum atomic E-state index is -0.374. The van der Waals surface area contributed by atoms with Gasteiger partial charge in [0.2, 0.25) is 0 Å². The second-order valence-corrected chi connectivity index (χ2v) is 9.13. The number of carbonyl (C=O) groups excluding carboxylic acids is 2. The fourth-order valence-corrected chi connectivity index (χ4v) is 4.63. The molecule has 5 rings (SSSR count). The Morgan fingerprint density at radius 1 is 1.03 bits per heavy atom. The number of rotatable bonds is 8. The monoisotopic (exact) mass is 484 g/mol. The van der Waals surface area contributed by atoms with Crippen LogP contribution in [0, 0.1) is 5.92 Å². The van der Waals surface area contributed by atoms with Crippen molar-refractivity contribution in [2.24, 2.45) is 5.92 Å². The third-order valence-electron chi connectivity index (χ3n) is 6.35. The van der Waals surface area contributed by atoms with Crippen molar-refractivity contribution in [3.8, 4) is 0 Å². The maximum Gasteiger partial charge on any atom is 0.277 e. The molecule has 1 aliphatic rings. The molecule has 1 aliphatic carbocycles. The molecular formula is C26H28N8O2. The maximum atomic E-state index is 13.0. The minimum Gasteiger partial charge on any atom is -0.366 e. The van der Waals surface area contributed by atoms with Crippen LogP contribution in [0.4, 0.5) is 23.0 Å². The Morgan fingerprint density at radius 3 is 2.56 bits per heavy atom. The normalized spacial score (nSPS) is 17.5. The predicted molar refractivity (Wildman–Crippen MR) is 137 cm³/mol. The number of Topliss-reactive ketones (excluding diaryl/α,β-unsaturated/α-hetero) is 1. The average Bonchev–Trinajstić information content (AvgIpc) is 3.31. The molecule has 3 heterocycles. The molecule has 1 fully saturated rings. The van der Waals surface area contributed by atoms with Gasteiger partial charge in [0.05, 0.1) is 11.9 Å². The lowest BCUT2D eigenvalue weighted by Gasteiger charge is -2.29. The van der Waals surface area contributed by atoms with Gasteiger partial charge in [-0.25, -0.2) is 19.5 Å². The number of nitrogens with zero attached hydrogens (tertiary/aromatic N) is 5. The van der Waals surface area contributed by atoms with E-state index in [-0.39, 0.29) is 23.4 Å². The van der Waals surface area contributed by atoms with Gasteiger partial charge >= 0.3 is 0 Å². The van der Waals surface area contributed by atoms with Crippen molar-refractivity contribution in [2.45, 2.75) is 45.1 Å². The summed E-state index contributed by atoms with van der Waals surface area (Å²) in [5, 5.41) is 14.4. The van der Waals surface area contributed by atoms with Gasteiger partial charge in [0, 0.05) is 30.4 Å². The van der Waals surface area contributed by atoms with Crippen LogP contribution < -0.4 is 16.0 Å². The summed E-state index contributed by atoms with van der Waals surface area (Å²) in [5.74, 6) is 1.37. The number of hydrogen-bond donors (Lipinski definition) is 3. The standard InChI is InChI=1S/C26H28N8O2/c1-17(35)13-18-7-9-20(10-8-18)31-24-14-21(30-19-5-3-2-4-6-19)25-28-15-22(34(25)33-24)26(36)32-23-11-12-27-16-29-23/h2-6,11-12,14-16,18,20,30H,7-10,13H2,1H3,(H,31,33)(H,27,29,32,36). The van der Waals surface area contributed by atoms with E-state index >= 15 is 0 Å². The number of fused-ring (bicyclic) bond motifs is 1. The molecule has 0 atom stereocenters. The van der Waals surface area contributed by atoms with Crippen LogP contribution in [0.5, 0.6) is 0 Å². The molecule has 4 aromatic rings. The average molecular weight is 485 g/mol. The van der Waals surface area contributed by atoms with E-state index in [1.807, 2.05) is 36.4 Å². The van der Waals surface area contributed by atoms with Gasteiger partial charge in [0.15, 0.2) is 11.3 Å². The molecule has 10 nitrogen and oxygen atoms in total. The van der Waals surface area contributed by atoms with Crippen LogP contribution in [0.15, 0.2) is 61.2 Å². The fraction of sp³-hybridized carbons (Fsp3) is 0.308. The van der Waals surface area contributed by atoms with E-state index in [0.717, 1.165) is 37.1 Å². The van der Waals surface area contributed by atoms with Crippen LogP contribution in [0.1, 0.15) is 49.5 Å². The first-order chi connectivity index (χ1) is 17.5. The lowest BCUT2D eigenvalue weighted by molar-refractivity contribution is -0.118. The lowest BCUT2D eigenvalue weighted by atomic mass is 9.83. The zero-order valence-electron chi connectivity index (χ0n) is 20.0. The highest BCUT2D eigenvalue weighted by Crippen LogP contribution is 2.30. The summed E-state index contributed by atoms with van der Waals surface area (Å²) in [5.41, 5.74) is 2.44. The van der Waals surface area contributed by atoms with Crippen LogP contribution in [-0.4, -0.2) is 42.3 Å². The first kappa shape index (κ1) is 23.4. The maximum absolute atomic E-state index is 13.0. The van der Waals surface area contributed by atoms with Gasteiger partial charge in [-0.15, -0.1) is 5.10 Å². The first-order valence-corrected chi connectivity index (χ1v) is 12.1. The number of benzene rings is 1. The number of hydrogen-bond acceptors (Lipinski definition) is 8. The van der Waals surface area contributed by atoms with Crippen LogP contribution >= 0.6 is 0 Å². The molecule has 184 valence electrons. The van der Waals surface area contributed by atoms with Gasteiger partial charge in [0.25, 0.3) is 5.91 Å². The zero-order valence-corrected chi connectivity index (χ0v) is 20.0. The number of para-hydroxylation sites is 1. The smallest absolute Gasteiger partial charge is 0.277 e. The number of aromatic nitrogens is 5. The van der Waals surface area contributed by atoms with Gasteiger partial charge < -0.3 is 20.7 Å². The number of anilines is 4. The summed E-state index contributed by atoms with van der Waals surface area (Å²) >= 11 is 0. The molecule has 1 aromatic carbocycles. The SMILES string of the molecule is CC(=O)CC1CCC(Nc2cc(Nc3ccccc3)c3ncc(C(=O)Nc4ccncn4)n3n2)CC1. The first-order valence-electron chi connectivity index (χ1n) is 12.1. The summed E-state index contributed by atoms with van der Waals surface area (Å²) in [4.78, 5) is 37.0. The van der Waals surface area contributed by atoms with E-state index in [4.69, 9.17) is 5.10 Å². The molecule has 0 saturated heterocycles. The van der Waals surface area contributed by atoms with Crippen molar-refractivity contribution in [1.82, 2.24) is 24.6 Å². The van der Waals surface area contributed by atoms with Crippen LogP contribution in [-0.2, 0) is 4.79 Å². The molecule has 0 aliphatic heterocycles. The van der Waals surface area contributed by atoms with E-state index in [2.05, 4.69) is 30.9 Å². The van der Waals surface area contributed by atoms with E-state index in [0.29, 0.717) is 29.6 Å². The van der Waals surface area contributed by atoms with E-state index < -0.39 is 0 Å². The third-order valence-corrected chi connectivity index (χ3v) is 6.35. The molecule has 0 unspecified atom stereocenters. The van der Waals surface area contributed by atoms with Crippen LogP contribution in [0.3, 0.4) is 0 Å². The van der Waals surface area contributed by atoms with Crippen molar-refractivity contribution < 1.29 is 9.59 Å². The van der Waals surface area contributed by atoms with Gasteiger partial charge in [-0.1, -0.05) is 18.2 Å². The highest BCUT2D eigenvalue weighted by Gasteiger charge is 2.23. The molecule has 36 heavy (non-hydrogen) atoms. The molecule has 0 bridgehead atoms. The topological polar surface area (TPSA) is 126 Å². The number of nitrogens with one attached hydrogen (secondary N) is 3. The van der Waals surface area contributed by atoms with Crippen molar-refractivity contribution in [3.05, 3.63) is 66.9 Å². The lowest BCUT2D eigenvalue weighted by Crippen LogP contribution is -2.27. The quantitative estimate of drug-likeness (QED) is 0.335. The second kappa shape index (κ2) is 10.5. The van der Waals surface area contributed by atoms with Crippen LogP contribution in [0.25, 0.3) is 5.65 Å². The van der Waals surface area contributed by atoms with Crippen LogP contribution in [0.2, 0.25) is 0 Å². The number of amides is 1. The van der Waals surface area contributed by atoms with Crippen molar-refractivity contribution in [3.63, 3.8) is 0 Å². The number of imidazole rings is 1. The van der Waals surface area contributed by atoms with E-state index in [9.17, 15) is 9.59 Å². The molecule has 0 radical (unpaired) electrons. The summed E-state index contributed by atoms with van der Waals surface area (Å²) in [6, 6.07) is 13.6. The highest BCUT2D eigenvalue weighted by molar-refractivity contribution is 6.03. The Morgan fingerprint density at radius 2 is 1.83 bits per heavy atom. The molecule has 3 aromatic heterocycles. The Kier molecular flexibility index (Phi) is 6.83. The summed E-state index contributed by atoms with van der Waals surface area (Å²) in [6.45, 7) is 1.66. The summed E-state index contributed by atoms with van der Waals surface area (Å²) < 4.78 is 1.55. The third kappa shape index (κ3) is 5.48. The van der Waals surface area contributed by atoms with E-state index in [1.54, 1.807) is 23.7 Å². The largest absolute Gasteiger partial charge is 0.366 e. The van der Waals surface area contributed by atoms with Gasteiger partial charge in [-0.05, 0) is 56.7 Å². The Bertz CT molecular complexity index is 1350. The summed E-state index contributed by atoms with van der Waals surface area (Å²) in [6.07, 6.45) is 9.03. The predicted octanol–water partition coefficient (Wildman–Crippen LogP) is 4.47. The summed E-state index contributed by atoms with van der Waals surface area (Å²) in [7, 11) is 0. The Balaban J connectivity index is 1.43. The molecular weight excluding hydrogens is 456 g/mol. The number of carbonyl (C=O) groups is 2. The minimum absolute atomic E-state index is 0.240. The van der Waals surface area contributed by atoms with E-state index in [1.165, 1.54) is 12.5 Å². The molecule has 0 spiro atoms. The molecule has 1 saturated carbocycles. The zero-order chi connectivity index (χ0) is 24.9. The number of ketones is 1.